The van der Waals surface area contributed by atoms with Crippen LogP contribution in [0.5, 0.6) is 11.5 Å². The van der Waals surface area contributed by atoms with E-state index in [-0.39, 0.29) is 11.4 Å². The van der Waals surface area contributed by atoms with Crippen LogP contribution in [0, 0.1) is 16.0 Å². The largest absolute Gasteiger partial charge is 0.486 e. The molecule has 1 N–H and O–H groups in total. The zero-order valence-corrected chi connectivity index (χ0v) is 10.6. The van der Waals surface area contributed by atoms with Crippen molar-refractivity contribution in [3.05, 3.63) is 27.8 Å². The molecule has 1 fully saturated rings. The SMILES string of the molecule is O=[N+]([O-])c1cc(CC2CCNC2)cc2c1OCCO2. The Labute approximate surface area is 110 Å². The second-order valence-corrected chi connectivity index (χ2v) is 4.96. The van der Waals surface area contributed by atoms with Gasteiger partial charge in [0.05, 0.1) is 4.92 Å². The van der Waals surface area contributed by atoms with Gasteiger partial charge in [-0.25, -0.2) is 0 Å². The lowest BCUT2D eigenvalue weighted by molar-refractivity contribution is -0.386. The van der Waals surface area contributed by atoms with Crippen molar-refractivity contribution >= 4 is 5.69 Å². The van der Waals surface area contributed by atoms with Gasteiger partial charge in [0.1, 0.15) is 13.2 Å². The van der Waals surface area contributed by atoms with Crippen molar-refractivity contribution in [2.75, 3.05) is 26.3 Å². The third-order valence-electron chi connectivity index (χ3n) is 3.57. The summed E-state index contributed by atoms with van der Waals surface area (Å²) >= 11 is 0. The highest BCUT2D eigenvalue weighted by Gasteiger charge is 2.26. The summed E-state index contributed by atoms with van der Waals surface area (Å²) in [6, 6.07) is 3.49. The summed E-state index contributed by atoms with van der Waals surface area (Å²) in [5, 5.41) is 14.4. The number of rotatable bonds is 3. The van der Waals surface area contributed by atoms with E-state index < -0.39 is 4.92 Å². The highest BCUT2D eigenvalue weighted by molar-refractivity contribution is 5.58. The Morgan fingerprint density at radius 1 is 1.37 bits per heavy atom. The molecule has 0 radical (unpaired) electrons. The van der Waals surface area contributed by atoms with Gasteiger partial charge in [-0.1, -0.05) is 0 Å². The van der Waals surface area contributed by atoms with Crippen molar-refractivity contribution in [1.82, 2.24) is 5.32 Å². The number of nitrogens with one attached hydrogen (secondary N) is 1. The molecule has 2 heterocycles. The Morgan fingerprint density at radius 2 is 2.21 bits per heavy atom. The van der Waals surface area contributed by atoms with Crippen molar-refractivity contribution in [2.45, 2.75) is 12.8 Å². The first-order valence-corrected chi connectivity index (χ1v) is 6.51. The van der Waals surface area contributed by atoms with E-state index in [0.29, 0.717) is 24.9 Å². The number of hydrogen-bond acceptors (Lipinski definition) is 5. The number of nitro benzene ring substituents is 1. The van der Waals surface area contributed by atoms with E-state index in [1.165, 1.54) is 0 Å². The summed E-state index contributed by atoms with van der Waals surface area (Å²) in [4.78, 5) is 10.7. The van der Waals surface area contributed by atoms with Gasteiger partial charge in [-0.3, -0.25) is 10.1 Å². The Kier molecular flexibility index (Phi) is 3.25. The number of benzene rings is 1. The van der Waals surface area contributed by atoms with Gasteiger partial charge < -0.3 is 14.8 Å². The van der Waals surface area contributed by atoms with Crippen LogP contribution < -0.4 is 14.8 Å². The smallest absolute Gasteiger partial charge is 0.315 e. The third-order valence-corrected chi connectivity index (χ3v) is 3.57. The monoisotopic (exact) mass is 264 g/mol. The van der Waals surface area contributed by atoms with Crippen LogP contribution in [0.4, 0.5) is 5.69 Å². The molecule has 0 aromatic heterocycles. The quantitative estimate of drug-likeness (QED) is 0.662. The maximum Gasteiger partial charge on any atom is 0.315 e. The van der Waals surface area contributed by atoms with E-state index in [2.05, 4.69) is 5.32 Å². The predicted molar refractivity (Wildman–Crippen MR) is 68.8 cm³/mol. The zero-order chi connectivity index (χ0) is 13.2. The number of hydrogen-bond donors (Lipinski definition) is 1. The molecule has 0 amide bonds. The highest BCUT2D eigenvalue weighted by atomic mass is 16.6. The summed E-state index contributed by atoms with van der Waals surface area (Å²) in [5.41, 5.74) is 0.961. The van der Waals surface area contributed by atoms with Gasteiger partial charge in [-0.05, 0) is 43.5 Å². The fourth-order valence-corrected chi connectivity index (χ4v) is 2.67. The maximum atomic E-state index is 11.1. The highest BCUT2D eigenvalue weighted by Crippen LogP contribution is 2.40. The standard InChI is InChI=1S/C13H16N2O4/c16-15(17)11-6-10(5-9-1-2-14-8-9)7-12-13(11)19-4-3-18-12/h6-7,9,14H,1-5,8H2. The Bertz CT molecular complexity index is 498. The van der Waals surface area contributed by atoms with Crippen molar-refractivity contribution in [1.29, 1.82) is 0 Å². The van der Waals surface area contributed by atoms with Crippen LogP contribution in [0.1, 0.15) is 12.0 Å². The topological polar surface area (TPSA) is 73.6 Å². The van der Waals surface area contributed by atoms with Gasteiger partial charge in [0.2, 0.25) is 5.75 Å². The van der Waals surface area contributed by atoms with E-state index in [1.807, 2.05) is 6.07 Å². The number of ether oxygens (including phenoxy) is 2. The summed E-state index contributed by atoms with van der Waals surface area (Å²) < 4.78 is 10.8. The lowest BCUT2D eigenvalue weighted by Crippen LogP contribution is -2.17. The third kappa shape index (κ3) is 2.49. The lowest BCUT2D eigenvalue weighted by Gasteiger charge is -2.19. The molecule has 3 rings (SSSR count). The van der Waals surface area contributed by atoms with Crippen LogP contribution in [-0.4, -0.2) is 31.2 Å². The lowest BCUT2D eigenvalue weighted by atomic mass is 9.98. The van der Waals surface area contributed by atoms with Crippen molar-refractivity contribution in [3.8, 4) is 11.5 Å². The van der Waals surface area contributed by atoms with Gasteiger partial charge in [0.25, 0.3) is 0 Å². The molecular weight excluding hydrogens is 248 g/mol. The summed E-state index contributed by atoms with van der Waals surface area (Å²) in [7, 11) is 0. The van der Waals surface area contributed by atoms with E-state index in [9.17, 15) is 10.1 Å². The summed E-state index contributed by atoms with van der Waals surface area (Å²) in [5.74, 6) is 1.31. The molecule has 1 saturated heterocycles. The van der Waals surface area contributed by atoms with Crippen LogP contribution in [0.25, 0.3) is 0 Å². The van der Waals surface area contributed by atoms with Crippen LogP contribution >= 0.6 is 0 Å². The number of nitro groups is 1. The molecule has 0 bridgehead atoms. The minimum absolute atomic E-state index is 0.0122. The zero-order valence-electron chi connectivity index (χ0n) is 10.6. The van der Waals surface area contributed by atoms with E-state index in [0.717, 1.165) is 31.5 Å². The van der Waals surface area contributed by atoms with Gasteiger partial charge in [0.15, 0.2) is 5.75 Å². The molecule has 2 aliphatic rings. The maximum absolute atomic E-state index is 11.1. The Morgan fingerprint density at radius 3 is 2.95 bits per heavy atom. The van der Waals surface area contributed by atoms with Crippen LogP contribution in [0.3, 0.4) is 0 Å². The normalized spacial score (nSPS) is 21.4. The first-order valence-electron chi connectivity index (χ1n) is 6.51. The molecule has 19 heavy (non-hydrogen) atoms. The van der Waals surface area contributed by atoms with Crippen molar-refractivity contribution in [2.24, 2.45) is 5.92 Å². The van der Waals surface area contributed by atoms with Crippen molar-refractivity contribution < 1.29 is 14.4 Å². The Balaban J connectivity index is 1.91. The molecule has 0 spiro atoms. The molecule has 1 aromatic rings. The molecule has 0 saturated carbocycles. The first-order chi connectivity index (χ1) is 9.24. The minimum Gasteiger partial charge on any atom is -0.486 e. The van der Waals surface area contributed by atoms with Gasteiger partial charge in [0, 0.05) is 6.07 Å². The molecule has 6 nitrogen and oxygen atoms in total. The average Bonchev–Trinajstić information content (AvgIpc) is 2.90. The molecule has 102 valence electrons. The summed E-state index contributed by atoms with van der Waals surface area (Å²) in [6.45, 7) is 2.80. The minimum atomic E-state index is -0.399. The van der Waals surface area contributed by atoms with Crippen LogP contribution in [0.15, 0.2) is 12.1 Å². The molecule has 0 aliphatic carbocycles. The van der Waals surface area contributed by atoms with E-state index >= 15 is 0 Å². The second kappa shape index (κ2) is 5.05. The molecular formula is C13H16N2O4. The van der Waals surface area contributed by atoms with Gasteiger partial charge in [-0.15, -0.1) is 0 Å². The predicted octanol–water partition coefficient (Wildman–Crippen LogP) is 1.52. The fraction of sp³-hybridized carbons (Fsp3) is 0.538. The van der Waals surface area contributed by atoms with Crippen LogP contribution in [0.2, 0.25) is 0 Å². The molecule has 1 unspecified atom stereocenters. The van der Waals surface area contributed by atoms with E-state index in [1.54, 1.807) is 6.07 Å². The molecule has 6 heteroatoms. The number of fused-ring (bicyclic) bond motifs is 1. The van der Waals surface area contributed by atoms with Crippen molar-refractivity contribution in [3.63, 3.8) is 0 Å². The number of nitrogens with zero attached hydrogens (tertiary/aromatic N) is 1. The second-order valence-electron chi connectivity index (χ2n) is 4.96. The van der Waals surface area contributed by atoms with Crippen LogP contribution in [-0.2, 0) is 6.42 Å². The van der Waals surface area contributed by atoms with E-state index in [4.69, 9.17) is 9.47 Å². The molecule has 2 aliphatic heterocycles. The first kappa shape index (κ1) is 12.2. The molecule has 1 aromatic carbocycles. The van der Waals surface area contributed by atoms with Gasteiger partial charge >= 0.3 is 5.69 Å². The fourth-order valence-electron chi connectivity index (χ4n) is 2.67. The van der Waals surface area contributed by atoms with Gasteiger partial charge in [-0.2, -0.15) is 0 Å². The average molecular weight is 264 g/mol. The summed E-state index contributed by atoms with van der Waals surface area (Å²) in [6.07, 6.45) is 1.95. The Hall–Kier alpha value is -1.82. The molecule has 1 atom stereocenters.